The maximum Gasteiger partial charge on any atom is 0.314 e. The lowest BCUT2D eigenvalue weighted by molar-refractivity contribution is -0.141. The molecule has 1 aromatic carbocycles. The summed E-state index contributed by atoms with van der Waals surface area (Å²) in [5.41, 5.74) is 1.35. The van der Waals surface area contributed by atoms with Crippen LogP contribution in [0.3, 0.4) is 0 Å². The van der Waals surface area contributed by atoms with Gasteiger partial charge in [0.1, 0.15) is 5.75 Å². The van der Waals surface area contributed by atoms with E-state index in [0.717, 1.165) is 48.0 Å². The molecular formula is C22H30O2S. The molecule has 136 valence electrons. The van der Waals surface area contributed by atoms with Crippen LogP contribution in [0.1, 0.15) is 70.3 Å². The van der Waals surface area contributed by atoms with Crippen LogP contribution in [0.5, 0.6) is 5.75 Å². The Morgan fingerprint density at radius 3 is 2.40 bits per heavy atom. The highest BCUT2D eigenvalue weighted by atomic mass is 32.2. The van der Waals surface area contributed by atoms with Gasteiger partial charge < -0.3 is 4.74 Å². The second-order valence-electron chi connectivity index (χ2n) is 8.22. The first kappa shape index (κ1) is 17.5. The van der Waals surface area contributed by atoms with Crippen molar-refractivity contribution in [2.24, 2.45) is 17.8 Å². The summed E-state index contributed by atoms with van der Waals surface area (Å²) in [7, 11) is 0. The molecule has 3 heteroatoms. The van der Waals surface area contributed by atoms with E-state index in [4.69, 9.17) is 4.74 Å². The molecule has 0 amide bonds. The largest absolute Gasteiger partial charge is 0.426 e. The Morgan fingerprint density at radius 1 is 1.04 bits per heavy atom. The third-order valence-corrected chi connectivity index (χ3v) is 8.21. The SMILES string of the molecule is CCC(CC)c1ccc(OC(=O)C2CCC3CC4SC4CC3C2)cc1. The summed E-state index contributed by atoms with van der Waals surface area (Å²) in [6.45, 7) is 4.46. The number of carbonyl (C=O) groups is 1. The molecule has 1 aromatic rings. The highest BCUT2D eigenvalue weighted by Gasteiger charge is 2.49. The van der Waals surface area contributed by atoms with E-state index in [-0.39, 0.29) is 11.9 Å². The first-order chi connectivity index (χ1) is 12.2. The molecule has 0 spiro atoms. The lowest BCUT2D eigenvalue weighted by Crippen LogP contribution is -2.35. The minimum atomic E-state index is -0.000642. The number of carbonyl (C=O) groups excluding carboxylic acids is 1. The van der Waals surface area contributed by atoms with Crippen molar-refractivity contribution in [1.29, 1.82) is 0 Å². The van der Waals surface area contributed by atoms with Gasteiger partial charge in [-0.05, 0) is 80.4 Å². The van der Waals surface area contributed by atoms with Gasteiger partial charge in [0.05, 0.1) is 5.92 Å². The van der Waals surface area contributed by atoms with Gasteiger partial charge >= 0.3 is 5.97 Å². The number of hydrogen-bond acceptors (Lipinski definition) is 3. The number of benzene rings is 1. The first-order valence-electron chi connectivity index (χ1n) is 10.1. The van der Waals surface area contributed by atoms with E-state index in [0.29, 0.717) is 11.7 Å². The molecule has 3 fully saturated rings. The van der Waals surface area contributed by atoms with E-state index < -0.39 is 0 Å². The maximum absolute atomic E-state index is 12.6. The Bertz CT molecular complexity index is 607. The molecule has 5 unspecified atom stereocenters. The van der Waals surface area contributed by atoms with Crippen LogP contribution in [0.15, 0.2) is 24.3 Å². The zero-order valence-electron chi connectivity index (χ0n) is 15.4. The molecule has 1 aliphatic heterocycles. The smallest absolute Gasteiger partial charge is 0.314 e. The minimum absolute atomic E-state index is 0.000642. The van der Waals surface area contributed by atoms with Gasteiger partial charge in [-0.3, -0.25) is 4.79 Å². The third kappa shape index (κ3) is 3.77. The number of fused-ring (bicyclic) bond motifs is 2. The molecule has 4 rings (SSSR count). The molecule has 0 radical (unpaired) electrons. The van der Waals surface area contributed by atoms with Crippen molar-refractivity contribution in [2.45, 2.75) is 75.2 Å². The van der Waals surface area contributed by atoms with Crippen LogP contribution in [-0.4, -0.2) is 16.5 Å². The normalized spacial score (nSPS) is 33.5. The summed E-state index contributed by atoms with van der Waals surface area (Å²) in [6, 6.07) is 8.21. The summed E-state index contributed by atoms with van der Waals surface area (Å²) >= 11 is 2.17. The van der Waals surface area contributed by atoms with Crippen LogP contribution in [0.25, 0.3) is 0 Å². The predicted molar refractivity (Wildman–Crippen MR) is 104 cm³/mol. The van der Waals surface area contributed by atoms with Gasteiger partial charge in [0.25, 0.3) is 0 Å². The molecule has 5 atom stereocenters. The lowest BCUT2D eigenvalue weighted by Gasteiger charge is -2.37. The minimum Gasteiger partial charge on any atom is -0.426 e. The average molecular weight is 359 g/mol. The molecule has 25 heavy (non-hydrogen) atoms. The van der Waals surface area contributed by atoms with Crippen LogP contribution in [0.2, 0.25) is 0 Å². The summed E-state index contributed by atoms with van der Waals surface area (Å²) in [6.07, 6.45) is 8.35. The van der Waals surface area contributed by atoms with E-state index >= 15 is 0 Å². The van der Waals surface area contributed by atoms with Crippen molar-refractivity contribution in [2.75, 3.05) is 0 Å². The van der Waals surface area contributed by atoms with Gasteiger partial charge in [-0.15, -0.1) is 0 Å². The van der Waals surface area contributed by atoms with E-state index in [2.05, 4.69) is 37.7 Å². The van der Waals surface area contributed by atoms with E-state index in [1.54, 1.807) is 0 Å². The Hall–Kier alpha value is -0.960. The van der Waals surface area contributed by atoms with Crippen LogP contribution >= 0.6 is 11.8 Å². The molecule has 1 heterocycles. The summed E-state index contributed by atoms with van der Waals surface area (Å²) in [4.78, 5) is 12.6. The predicted octanol–water partition coefficient (Wildman–Crippen LogP) is 5.81. The van der Waals surface area contributed by atoms with E-state index in [1.807, 2.05) is 12.1 Å². The maximum atomic E-state index is 12.6. The van der Waals surface area contributed by atoms with Crippen molar-refractivity contribution in [3.05, 3.63) is 29.8 Å². The molecule has 0 aromatic heterocycles. The molecule has 3 aliphatic rings. The second-order valence-corrected chi connectivity index (χ2v) is 9.70. The van der Waals surface area contributed by atoms with Crippen LogP contribution in [0.4, 0.5) is 0 Å². The van der Waals surface area contributed by atoms with Gasteiger partial charge in [-0.25, -0.2) is 0 Å². The highest BCUT2D eigenvalue weighted by molar-refractivity contribution is 8.07. The number of ether oxygens (including phenoxy) is 1. The quantitative estimate of drug-likeness (QED) is 0.378. The molecule has 2 nitrogen and oxygen atoms in total. The Morgan fingerprint density at radius 2 is 1.72 bits per heavy atom. The molecule has 0 bridgehead atoms. The average Bonchev–Trinajstić information content (AvgIpc) is 3.39. The van der Waals surface area contributed by atoms with Gasteiger partial charge in [0.15, 0.2) is 0 Å². The molecule has 2 saturated carbocycles. The number of thioether (sulfide) groups is 1. The van der Waals surface area contributed by atoms with Crippen LogP contribution < -0.4 is 4.74 Å². The van der Waals surface area contributed by atoms with Gasteiger partial charge in [-0.2, -0.15) is 11.8 Å². The molecular weight excluding hydrogens is 328 g/mol. The third-order valence-electron chi connectivity index (χ3n) is 6.79. The van der Waals surface area contributed by atoms with Crippen molar-refractivity contribution in [3.8, 4) is 5.75 Å². The summed E-state index contributed by atoms with van der Waals surface area (Å²) in [5, 5.41) is 1.87. The van der Waals surface area contributed by atoms with Crippen molar-refractivity contribution in [1.82, 2.24) is 0 Å². The van der Waals surface area contributed by atoms with Crippen LogP contribution in [0, 0.1) is 17.8 Å². The van der Waals surface area contributed by atoms with Crippen molar-refractivity contribution >= 4 is 17.7 Å². The standard InChI is InChI=1S/C22H30O2S/c1-3-14(4-2)15-7-9-19(10-8-15)24-22(23)17-6-5-16-12-20-21(25-20)13-18(16)11-17/h7-10,14,16-18,20-21H,3-6,11-13H2,1-2H3. The Labute approximate surface area is 156 Å². The van der Waals surface area contributed by atoms with Gasteiger partial charge in [0.2, 0.25) is 0 Å². The number of hydrogen-bond donors (Lipinski definition) is 0. The molecule has 2 aliphatic carbocycles. The van der Waals surface area contributed by atoms with Gasteiger partial charge in [0, 0.05) is 10.5 Å². The summed E-state index contributed by atoms with van der Waals surface area (Å²) < 4.78 is 5.73. The zero-order valence-corrected chi connectivity index (χ0v) is 16.3. The van der Waals surface area contributed by atoms with E-state index in [1.165, 1.54) is 24.8 Å². The molecule has 0 N–H and O–H groups in total. The van der Waals surface area contributed by atoms with Crippen molar-refractivity contribution in [3.63, 3.8) is 0 Å². The Kier molecular flexibility index (Phi) is 5.13. The van der Waals surface area contributed by atoms with Crippen LogP contribution in [-0.2, 0) is 4.79 Å². The Balaban J connectivity index is 1.34. The second kappa shape index (κ2) is 7.34. The highest BCUT2D eigenvalue weighted by Crippen LogP contribution is 2.57. The number of rotatable bonds is 5. The van der Waals surface area contributed by atoms with Crippen molar-refractivity contribution < 1.29 is 9.53 Å². The first-order valence-corrected chi connectivity index (χ1v) is 11.1. The fraction of sp³-hybridized carbons (Fsp3) is 0.682. The fourth-order valence-electron chi connectivity index (χ4n) is 5.10. The van der Waals surface area contributed by atoms with Gasteiger partial charge in [-0.1, -0.05) is 26.0 Å². The lowest BCUT2D eigenvalue weighted by atomic mass is 9.67. The topological polar surface area (TPSA) is 26.3 Å². The fourth-order valence-corrected chi connectivity index (χ4v) is 6.40. The summed E-state index contributed by atoms with van der Waals surface area (Å²) in [5.74, 6) is 3.07. The number of esters is 1. The van der Waals surface area contributed by atoms with E-state index in [9.17, 15) is 4.79 Å². The monoisotopic (exact) mass is 358 g/mol. The molecule has 1 saturated heterocycles. The zero-order chi connectivity index (χ0) is 17.4.